The summed E-state index contributed by atoms with van der Waals surface area (Å²) in [5, 5.41) is 15.7. The Balaban J connectivity index is 1.54. The van der Waals surface area contributed by atoms with Gasteiger partial charge in [0.1, 0.15) is 0 Å². The third-order valence-electron chi connectivity index (χ3n) is 3.88. The van der Waals surface area contributed by atoms with Gasteiger partial charge in [0, 0.05) is 23.0 Å². The van der Waals surface area contributed by atoms with Crippen molar-refractivity contribution in [1.82, 2.24) is 4.98 Å². The van der Waals surface area contributed by atoms with Gasteiger partial charge in [0.15, 0.2) is 16.7 Å². The van der Waals surface area contributed by atoms with Crippen molar-refractivity contribution < 1.29 is 14.3 Å². The van der Waals surface area contributed by atoms with Gasteiger partial charge in [-0.15, -0.1) is 0 Å². The van der Waals surface area contributed by atoms with Gasteiger partial charge >= 0.3 is 0 Å². The number of aromatic nitrogens is 1. The van der Waals surface area contributed by atoms with Gasteiger partial charge in [0.2, 0.25) is 0 Å². The molecule has 5 nitrogen and oxygen atoms in total. The summed E-state index contributed by atoms with van der Waals surface area (Å²) in [5.41, 5.74) is 2.50. The molecular formula is C20H14FN3O2S. The van der Waals surface area contributed by atoms with Gasteiger partial charge in [-0.1, -0.05) is 29.5 Å². The first-order chi connectivity index (χ1) is 13.1. The lowest BCUT2D eigenvalue weighted by Gasteiger charge is -2.04. The number of aromatic hydroxyl groups is 1. The number of thiazole rings is 1. The molecule has 0 aliphatic carbocycles. The Morgan fingerprint density at radius 3 is 2.56 bits per heavy atom. The van der Waals surface area contributed by atoms with E-state index in [1.165, 1.54) is 23.5 Å². The van der Waals surface area contributed by atoms with Crippen molar-refractivity contribution in [3.8, 4) is 5.75 Å². The Morgan fingerprint density at radius 2 is 1.78 bits per heavy atom. The normalized spacial score (nSPS) is 10.7. The monoisotopic (exact) mass is 379 g/mol. The van der Waals surface area contributed by atoms with Crippen LogP contribution in [0.25, 0.3) is 10.2 Å². The van der Waals surface area contributed by atoms with E-state index in [9.17, 15) is 14.3 Å². The fourth-order valence-corrected chi connectivity index (χ4v) is 3.48. The van der Waals surface area contributed by atoms with Crippen molar-refractivity contribution in [3.05, 3.63) is 78.1 Å². The van der Waals surface area contributed by atoms with Gasteiger partial charge in [-0.2, -0.15) is 0 Å². The summed E-state index contributed by atoms with van der Waals surface area (Å²) in [6, 6.07) is 18.5. The third kappa shape index (κ3) is 3.73. The average Bonchev–Trinajstić information content (AvgIpc) is 3.07. The molecule has 7 heteroatoms. The highest BCUT2D eigenvalue weighted by Gasteiger charge is 2.09. The minimum Gasteiger partial charge on any atom is -0.505 e. The number of phenols is 1. The summed E-state index contributed by atoms with van der Waals surface area (Å²) >= 11 is 1.38. The van der Waals surface area contributed by atoms with Crippen LogP contribution in [-0.4, -0.2) is 16.0 Å². The highest BCUT2D eigenvalue weighted by Crippen LogP contribution is 2.31. The zero-order chi connectivity index (χ0) is 18.8. The summed E-state index contributed by atoms with van der Waals surface area (Å²) < 4.78 is 14.3. The molecule has 3 N–H and O–H groups in total. The van der Waals surface area contributed by atoms with E-state index in [0.717, 1.165) is 10.2 Å². The van der Waals surface area contributed by atoms with Crippen LogP contribution in [0.4, 0.5) is 20.9 Å². The molecule has 0 fully saturated rings. The van der Waals surface area contributed by atoms with Crippen LogP contribution in [0.15, 0.2) is 66.7 Å². The molecule has 0 saturated carbocycles. The van der Waals surface area contributed by atoms with Crippen LogP contribution in [0, 0.1) is 5.82 Å². The molecule has 134 valence electrons. The number of nitrogens with zero attached hydrogens (tertiary/aromatic N) is 1. The molecule has 0 aliphatic rings. The lowest BCUT2D eigenvalue weighted by atomic mass is 10.2. The van der Waals surface area contributed by atoms with E-state index in [0.29, 0.717) is 22.1 Å². The second kappa shape index (κ2) is 7.05. The van der Waals surface area contributed by atoms with E-state index < -0.39 is 11.6 Å². The van der Waals surface area contributed by atoms with Crippen molar-refractivity contribution in [2.24, 2.45) is 0 Å². The average molecular weight is 379 g/mol. The number of phenolic OH excluding ortho intramolecular Hbond substituents is 1. The number of anilines is 3. The summed E-state index contributed by atoms with van der Waals surface area (Å²) in [7, 11) is 0. The summed E-state index contributed by atoms with van der Waals surface area (Å²) in [6.07, 6.45) is 0. The molecular weight excluding hydrogens is 365 g/mol. The molecule has 0 saturated heterocycles. The Kier molecular flexibility index (Phi) is 4.43. The lowest BCUT2D eigenvalue weighted by Crippen LogP contribution is -2.11. The molecule has 1 heterocycles. The van der Waals surface area contributed by atoms with Crippen LogP contribution < -0.4 is 10.6 Å². The highest BCUT2D eigenvalue weighted by molar-refractivity contribution is 7.22. The minimum atomic E-state index is -0.702. The van der Waals surface area contributed by atoms with E-state index >= 15 is 0 Å². The molecule has 0 bridgehead atoms. The quantitative estimate of drug-likeness (QED) is 0.429. The maximum Gasteiger partial charge on any atom is 0.255 e. The number of carbonyl (C=O) groups is 1. The largest absolute Gasteiger partial charge is 0.505 e. The second-order valence-electron chi connectivity index (χ2n) is 5.81. The number of fused-ring (bicyclic) bond motifs is 1. The highest BCUT2D eigenvalue weighted by atomic mass is 32.1. The Morgan fingerprint density at radius 1 is 1.00 bits per heavy atom. The van der Waals surface area contributed by atoms with Crippen LogP contribution in [-0.2, 0) is 0 Å². The van der Waals surface area contributed by atoms with Gasteiger partial charge in [-0.3, -0.25) is 4.79 Å². The van der Waals surface area contributed by atoms with Crippen LogP contribution in [0.2, 0.25) is 0 Å². The summed E-state index contributed by atoms with van der Waals surface area (Å²) in [5.74, 6) is -1.28. The van der Waals surface area contributed by atoms with E-state index in [4.69, 9.17) is 0 Å². The Bertz CT molecular complexity index is 1130. The van der Waals surface area contributed by atoms with E-state index in [2.05, 4.69) is 15.6 Å². The van der Waals surface area contributed by atoms with Crippen LogP contribution >= 0.6 is 11.3 Å². The van der Waals surface area contributed by atoms with E-state index in [-0.39, 0.29) is 5.91 Å². The third-order valence-corrected chi connectivity index (χ3v) is 4.81. The number of hydrogen-bond acceptors (Lipinski definition) is 5. The fourth-order valence-electron chi connectivity index (χ4n) is 2.56. The predicted molar refractivity (Wildman–Crippen MR) is 105 cm³/mol. The number of carbonyl (C=O) groups excluding carboxylic acids is 1. The summed E-state index contributed by atoms with van der Waals surface area (Å²) in [4.78, 5) is 16.7. The second-order valence-corrected chi connectivity index (χ2v) is 6.84. The molecule has 4 aromatic rings. The SMILES string of the molecule is O=C(Nc1ccc2nc(Nc3ccc(O)c(F)c3)sc2c1)c1ccccc1. The molecule has 3 aromatic carbocycles. The maximum absolute atomic E-state index is 13.5. The van der Waals surface area contributed by atoms with E-state index in [1.54, 1.807) is 24.3 Å². The Labute approximate surface area is 158 Å². The molecule has 0 aliphatic heterocycles. The predicted octanol–water partition coefficient (Wildman–Crippen LogP) is 5.14. The van der Waals surface area contributed by atoms with Crippen LogP contribution in [0.3, 0.4) is 0 Å². The first-order valence-corrected chi connectivity index (χ1v) is 8.93. The van der Waals surface area contributed by atoms with Crippen molar-refractivity contribution in [2.75, 3.05) is 10.6 Å². The molecule has 1 aromatic heterocycles. The zero-order valence-corrected chi connectivity index (χ0v) is 14.8. The molecule has 0 spiro atoms. The van der Waals surface area contributed by atoms with Gasteiger partial charge in [0.05, 0.1) is 10.2 Å². The number of benzene rings is 3. The number of hydrogen-bond donors (Lipinski definition) is 3. The topological polar surface area (TPSA) is 74.2 Å². The number of rotatable bonds is 4. The van der Waals surface area contributed by atoms with Crippen molar-refractivity contribution in [3.63, 3.8) is 0 Å². The van der Waals surface area contributed by atoms with Crippen molar-refractivity contribution >= 4 is 44.0 Å². The standard InChI is InChI=1S/C20H14FN3O2S/c21-15-10-13(7-9-17(15)25)23-20-24-16-8-6-14(11-18(16)27-20)22-19(26)12-4-2-1-3-5-12/h1-11,25H,(H,22,26)(H,23,24). The fraction of sp³-hybridized carbons (Fsp3) is 0. The minimum absolute atomic E-state index is 0.183. The lowest BCUT2D eigenvalue weighted by molar-refractivity contribution is 0.102. The Hall–Kier alpha value is -3.45. The molecule has 0 radical (unpaired) electrons. The number of nitrogens with one attached hydrogen (secondary N) is 2. The smallest absolute Gasteiger partial charge is 0.255 e. The van der Waals surface area contributed by atoms with Gasteiger partial charge in [0.25, 0.3) is 5.91 Å². The van der Waals surface area contributed by atoms with Gasteiger partial charge in [-0.25, -0.2) is 9.37 Å². The first kappa shape index (κ1) is 17.0. The first-order valence-electron chi connectivity index (χ1n) is 8.11. The van der Waals surface area contributed by atoms with Crippen molar-refractivity contribution in [1.29, 1.82) is 0 Å². The van der Waals surface area contributed by atoms with Gasteiger partial charge < -0.3 is 15.7 Å². The van der Waals surface area contributed by atoms with Gasteiger partial charge in [-0.05, 0) is 42.5 Å². The number of amides is 1. The number of halogens is 1. The molecule has 4 rings (SSSR count). The molecule has 0 atom stereocenters. The zero-order valence-electron chi connectivity index (χ0n) is 13.9. The molecule has 1 amide bonds. The van der Waals surface area contributed by atoms with Crippen LogP contribution in [0.5, 0.6) is 5.75 Å². The molecule has 27 heavy (non-hydrogen) atoms. The van der Waals surface area contributed by atoms with Crippen molar-refractivity contribution in [2.45, 2.75) is 0 Å². The molecule has 0 unspecified atom stereocenters. The van der Waals surface area contributed by atoms with E-state index in [1.807, 2.05) is 30.3 Å². The summed E-state index contributed by atoms with van der Waals surface area (Å²) in [6.45, 7) is 0. The van der Waals surface area contributed by atoms with Crippen LogP contribution in [0.1, 0.15) is 10.4 Å². The maximum atomic E-state index is 13.5.